The summed E-state index contributed by atoms with van der Waals surface area (Å²) in [4.78, 5) is 4.14. The van der Waals surface area contributed by atoms with Crippen molar-refractivity contribution < 1.29 is 8.91 Å². The molecular weight excluding hydrogens is 301 g/mol. The first-order valence-corrected chi connectivity index (χ1v) is 6.06. The van der Waals surface area contributed by atoms with Gasteiger partial charge in [-0.3, -0.25) is 0 Å². The van der Waals surface area contributed by atoms with Gasteiger partial charge in [0.15, 0.2) is 0 Å². The molecule has 1 aromatic carbocycles. The molecule has 4 nitrogen and oxygen atoms in total. The van der Waals surface area contributed by atoms with E-state index in [4.69, 9.17) is 10.3 Å². The molecule has 0 aliphatic heterocycles. The van der Waals surface area contributed by atoms with E-state index < -0.39 is 0 Å². The van der Waals surface area contributed by atoms with Crippen LogP contribution in [0.15, 0.2) is 39.8 Å². The smallest absolute Gasteiger partial charge is 0.244 e. The minimum Gasteiger partial charge on any atom is -0.337 e. The van der Waals surface area contributed by atoms with Crippen molar-refractivity contribution in [3.8, 4) is 11.4 Å². The van der Waals surface area contributed by atoms with Gasteiger partial charge in [-0.2, -0.15) is 4.98 Å². The molecule has 0 radical (unpaired) electrons. The summed E-state index contributed by atoms with van der Waals surface area (Å²) in [6.45, 7) is 3.59. The van der Waals surface area contributed by atoms with Gasteiger partial charge >= 0.3 is 0 Å². The van der Waals surface area contributed by atoms with Crippen LogP contribution in [-0.2, 0) is 0 Å². The van der Waals surface area contributed by atoms with Crippen LogP contribution in [0.1, 0.15) is 18.4 Å². The van der Waals surface area contributed by atoms with E-state index in [2.05, 4.69) is 32.6 Å². The number of hydrogen-bond donors (Lipinski definition) is 1. The molecular formula is C12H11BrFN3O. The van der Waals surface area contributed by atoms with Crippen molar-refractivity contribution in [3.63, 3.8) is 0 Å². The zero-order valence-corrected chi connectivity index (χ0v) is 11.0. The Hall–Kier alpha value is -1.53. The molecule has 1 aromatic heterocycles. The Morgan fingerprint density at radius 3 is 2.94 bits per heavy atom. The second-order valence-corrected chi connectivity index (χ2v) is 4.66. The molecule has 0 saturated carbocycles. The number of nitrogens with two attached hydrogens (primary N) is 1. The van der Waals surface area contributed by atoms with Crippen molar-refractivity contribution in [2.24, 2.45) is 5.73 Å². The highest BCUT2D eigenvalue weighted by atomic mass is 79.9. The van der Waals surface area contributed by atoms with E-state index >= 15 is 0 Å². The lowest BCUT2D eigenvalue weighted by molar-refractivity contribution is 0.356. The Kier molecular flexibility index (Phi) is 3.88. The zero-order chi connectivity index (χ0) is 13.1. The van der Waals surface area contributed by atoms with Crippen LogP contribution in [0.2, 0.25) is 0 Å². The maximum atomic E-state index is 13.2. The van der Waals surface area contributed by atoms with Crippen LogP contribution in [0.25, 0.3) is 11.4 Å². The molecule has 6 heteroatoms. The summed E-state index contributed by atoms with van der Waals surface area (Å²) in [5, 5.41) is 3.78. The maximum Gasteiger partial charge on any atom is 0.244 e. The predicted octanol–water partition coefficient (Wildman–Crippen LogP) is 3.21. The third-order valence-corrected chi connectivity index (χ3v) is 2.76. The quantitative estimate of drug-likeness (QED) is 0.880. The number of halogens is 2. The van der Waals surface area contributed by atoms with Crippen LogP contribution < -0.4 is 5.73 Å². The fourth-order valence-electron chi connectivity index (χ4n) is 1.47. The molecule has 1 heterocycles. The van der Waals surface area contributed by atoms with Crippen molar-refractivity contribution in [2.45, 2.75) is 12.5 Å². The average Bonchev–Trinajstić information content (AvgIpc) is 2.77. The van der Waals surface area contributed by atoms with E-state index in [0.717, 1.165) is 0 Å². The highest BCUT2D eigenvalue weighted by Gasteiger charge is 2.15. The first-order valence-electron chi connectivity index (χ1n) is 5.26. The summed E-state index contributed by atoms with van der Waals surface area (Å²) in [6.07, 6.45) is 2.21. The Balaban J connectivity index is 2.31. The standard InChI is InChI=1S/C12H11BrFN3O/c1-2-3-10(15)12-16-11(17-18-12)7-4-8(13)6-9(14)5-7/h2,4-6,10H,1,3,15H2. The van der Waals surface area contributed by atoms with Gasteiger partial charge in [-0.25, -0.2) is 4.39 Å². The van der Waals surface area contributed by atoms with Crippen LogP contribution in [0.3, 0.4) is 0 Å². The van der Waals surface area contributed by atoms with E-state index in [9.17, 15) is 4.39 Å². The van der Waals surface area contributed by atoms with Gasteiger partial charge in [0, 0.05) is 10.0 Å². The van der Waals surface area contributed by atoms with Crippen LogP contribution in [0.4, 0.5) is 4.39 Å². The Labute approximate surface area is 112 Å². The molecule has 2 rings (SSSR count). The number of aromatic nitrogens is 2. The molecule has 94 valence electrons. The molecule has 1 unspecified atom stereocenters. The molecule has 0 aliphatic carbocycles. The van der Waals surface area contributed by atoms with Gasteiger partial charge in [0.05, 0.1) is 6.04 Å². The summed E-state index contributed by atoms with van der Waals surface area (Å²) >= 11 is 3.21. The monoisotopic (exact) mass is 311 g/mol. The number of benzene rings is 1. The van der Waals surface area contributed by atoms with Gasteiger partial charge in [-0.1, -0.05) is 27.2 Å². The second kappa shape index (κ2) is 5.41. The Morgan fingerprint density at radius 2 is 2.28 bits per heavy atom. The van der Waals surface area contributed by atoms with E-state index in [1.807, 2.05) is 0 Å². The molecule has 0 aliphatic rings. The Morgan fingerprint density at radius 1 is 1.50 bits per heavy atom. The van der Waals surface area contributed by atoms with Gasteiger partial charge < -0.3 is 10.3 Å². The molecule has 1 atom stereocenters. The molecule has 2 N–H and O–H groups in total. The first kappa shape index (κ1) is 12.9. The second-order valence-electron chi connectivity index (χ2n) is 3.75. The van der Waals surface area contributed by atoms with Gasteiger partial charge in [0.1, 0.15) is 5.82 Å². The highest BCUT2D eigenvalue weighted by Crippen LogP contribution is 2.23. The van der Waals surface area contributed by atoms with E-state index in [0.29, 0.717) is 28.2 Å². The van der Waals surface area contributed by atoms with Crippen LogP contribution in [0.5, 0.6) is 0 Å². The normalized spacial score (nSPS) is 12.4. The Bertz CT molecular complexity index is 550. The summed E-state index contributed by atoms with van der Waals surface area (Å²) in [5.74, 6) is 0.246. The maximum absolute atomic E-state index is 13.2. The summed E-state index contributed by atoms with van der Waals surface area (Å²) < 4.78 is 18.9. The summed E-state index contributed by atoms with van der Waals surface area (Å²) in [5.41, 5.74) is 6.34. The van der Waals surface area contributed by atoms with Gasteiger partial charge in [0.2, 0.25) is 11.7 Å². The largest absolute Gasteiger partial charge is 0.337 e. The minimum absolute atomic E-state index is 0.310. The minimum atomic E-state index is -0.388. The molecule has 0 saturated heterocycles. The fraction of sp³-hybridized carbons (Fsp3) is 0.167. The van der Waals surface area contributed by atoms with Gasteiger partial charge in [-0.15, -0.1) is 6.58 Å². The van der Waals surface area contributed by atoms with Crippen LogP contribution in [-0.4, -0.2) is 10.1 Å². The lowest BCUT2D eigenvalue weighted by Gasteiger charge is -2.00. The summed E-state index contributed by atoms with van der Waals surface area (Å²) in [7, 11) is 0. The van der Waals surface area contributed by atoms with Crippen molar-refractivity contribution in [1.82, 2.24) is 10.1 Å². The average molecular weight is 312 g/mol. The molecule has 2 aromatic rings. The molecule has 0 amide bonds. The van der Waals surface area contributed by atoms with E-state index in [1.54, 1.807) is 12.1 Å². The number of hydrogen-bond acceptors (Lipinski definition) is 4. The SMILES string of the molecule is C=CCC(N)c1nc(-c2cc(F)cc(Br)c2)no1. The highest BCUT2D eigenvalue weighted by molar-refractivity contribution is 9.10. The number of rotatable bonds is 4. The van der Waals surface area contributed by atoms with Crippen molar-refractivity contribution >= 4 is 15.9 Å². The van der Waals surface area contributed by atoms with Crippen molar-refractivity contribution in [1.29, 1.82) is 0 Å². The third kappa shape index (κ3) is 2.83. The molecule has 0 bridgehead atoms. The van der Waals surface area contributed by atoms with E-state index in [1.165, 1.54) is 12.1 Å². The van der Waals surface area contributed by atoms with Crippen molar-refractivity contribution in [3.05, 3.63) is 47.0 Å². The lowest BCUT2D eigenvalue weighted by Crippen LogP contribution is -2.09. The van der Waals surface area contributed by atoms with Crippen LogP contribution in [0, 0.1) is 5.82 Å². The van der Waals surface area contributed by atoms with E-state index in [-0.39, 0.29) is 11.9 Å². The van der Waals surface area contributed by atoms with Gasteiger partial charge in [0.25, 0.3) is 0 Å². The lowest BCUT2D eigenvalue weighted by atomic mass is 10.2. The van der Waals surface area contributed by atoms with Gasteiger partial charge in [-0.05, 0) is 24.6 Å². The first-order chi connectivity index (χ1) is 8.60. The molecule has 18 heavy (non-hydrogen) atoms. The third-order valence-electron chi connectivity index (χ3n) is 2.30. The van der Waals surface area contributed by atoms with Crippen LogP contribution >= 0.6 is 15.9 Å². The van der Waals surface area contributed by atoms with Crippen molar-refractivity contribution in [2.75, 3.05) is 0 Å². The summed E-state index contributed by atoms with van der Waals surface area (Å²) in [6, 6.07) is 4.00. The molecule has 0 spiro atoms. The topological polar surface area (TPSA) is 64.9 Å². The number of nitrogens with zero attached hydrogens (tertiary/aromatic N) is 2. The fourth-order valence-corrected chi connectivity index (χ4v) is 1.93. The molecule has 0 fully saturated rings. The zero-order valence-electron chi connectivity index (χ0n) is 9.44. The predicted molar refractivity (Wildman–Crippen MR) is 69.1 cm³/mol.